The van der Waals surface area contributed by atoms with Gasteiger partial charge in [-0.05, 0) is 37.8 Å². The van der Waals surface area contributed by atoms with Gasteiger partial charge in [-0.2, -0.15) is 10.5 Å². The molecule has 124 valence electrons. The molecule has 0 fully saturated rings. The molecule has 0 N–H and O–H groups in total. The SMILES string of the molecule is C=C(C#N)C(CC(C#N)O[Si](C)(C)C)O[Si](CC)(CC)CC. The predicted octanol–water partition coefficient (Wildman–Crippen LogP) is 4.59. The Balaban J connectivity index is 5.20. The number of nitrogens with zero attached hydrogens (tertiary/aromatic N) is 2. The quantitative estimate of drug-likeness (QED) is 0.431. The topological polar surface area (TPSA) is 66.0 Å². The van der Waals surface area contributed by atoms with Crippen LogP contribution >= 0.6 is 0 Å². The van der Waals surface area contributed by atoms with Crippen LogP contribution in [0.1, 0.15) is 27.2 Å². The third-order valence-corrected chi connectivity index (χ3v) is 9.57. The molecule has 0 saturated carbocycles. The Labute approximate surface area is 138 Å². The second kappa shape index (κ2) is 9.27. The third kappa shape index (κ3) is 6.89. The first-order chi connectivity index (χ1) is 10.2. The first-order valence-electron chi connectivity index (χ1n) is 8.01. The molecule has 0 radical (unpaired) electrons. The summed E-state index contributed by atoms with van der Waals surface area (Å²) in [6, 6.07) is 7.31. The van der Waals surface area contributed by atoms with Crippen LogP contribution in [-0.4, -0.2) is 28.8 Å². The molecule has 0 heterocycles. The van der Waals surface area contributed by atoms with E-state index < -0.39 is 28.8 Å². The van der Waals surface area contributed by atoms with Gasteiger partial charge >= 0.3 is 0 Å². The zero-order valence-electron chi connectivity index (χ0n) is 14.9. The van der Waals surface area contributed by atoms with Crippen LogP contribution in [-0.2, 0) is 8.85 Å². The minimum atomic E-state index is -1.86. The van der Waals surface area contributed by atoms with Crippen molar-refractivity contribution in [1.29, 1.82) is 10.5 Å². The Morgan fingerprint density at radius 3 is 1.86 bits per heavy atom. The fourth-order valence-corrected chi connectivity index (χ4v) is 6.23. The standard InChI is InChI=1S/C16H30N2O2Si2/c1-8-22(9-2,10-3)20-16(14(4)12-17)11-15(13-18)19-21(5,6)7/h15-16H,4,8-11H2,1-3,5-7H3. The van der Waals surface area contributed by atoms with Gasteiger partial charge in [0.2, 0.25) is 0 Å². The molecule has 2 unspecified atom stereocenters. The molecule has 0 aromatic carbocycles. The first kappa shape index (κ1) is 21.1. The molecule has 0 aliphatic carbocycles. The molecule has 0 aliphatic rings. The van der Waals surface area contributed by atoms with Crippen molar-refractivity contribution in [2.45, 2.75) is 77.2 Å². The summed E-state index contributed by atoms with van der Waals surface area (Å²) in [5, 5.41) is 18.6. The van der Waals surface area contributed by atoms with Gasteiger partial charge in [-0.1, -0.05) is 27.4 Å². The predicted molar refractivity (Wildman–Crippen MR) is 95.3 cm³/mol. The number of hydrogen-bond acceptors (Lipinski definition) is 4. The van der Waals surface area contributed by atoms with Crippen molar-refractivity contribution < 1.29 is 8.85 Å². The average molecular weight is 339 g/mol. The molecule has 0 aromatic heterocycles. The molecule has 0 amide bonds. The van der Waals surface area contributed by atoms with Crippen molar-refractivity contribution in [3.63, 3.8) is 0 Å². The van der Waals surface area contributed by atoms with Gasteiger partial charge < -0.3 is 8.85 Å². The van der Waals surface area contributed by atoms with Crippen molar-refractivity contribution in [2.24, 2.45) is 0 Å². The van der Waals surface area contributed by atoms with Crippen LogP contribution in [0.2, 0.25) is 37.8 Å². The lowest BCUT2D eigenvalue weighted by Gasteiger charge is -2.34. The lowest BCUT2D eigenvalue weighted by molar-refractivity contribution is 0.149. The van der Waals surface area contributed by atoms with Crippen molar-refractivity contribution in [3.8, 4) is 12.1 Å². The van der Waals surface area contributed by atoms with Crippen LogP contribution in [0.3, 0.4) is 0 Å². The van der Waals surface area contributed by atoms with Gasteiger partial charge in [0.15, 0.2) is 16.6 Å². The second-order valence-electron chi connectivity index (χ2n) is 6.57. The Bertz CT molecular complexity index is 434. The van der Waals surface area contributed by atoms with Gasteiger partial charge in [0.1, 0.15) is 6.10 Å². The van der Waals surface area contributed by atoms with Gasteiger partial charge in [-0.25, -0.2) is 0 Å². The van der Waals surface area contributed by atoms with E-state index in [9.17, 15) is 10.5 Å². The van der Waals surface area contributed by atoms with E-state index in [0.29, 0.717) is 12.0 Å². The molecule has 0 aliphatic heterocycles. The van der Waals surface area contributed by atoms with Gasteiger partial charge in [0.05, 0.1) is 18.2 Å². The summed E-state index contributed by atoms with van der Waals surface area (Å²) in [6.45, 7) is 16.4. The number of nitriles is 2. The summed E-state index contributed by atoms with van der Waals surface area (Å²) in [5.41, 5.74) is 0.395. The van der Waals surface area contributed by atoms with Crippen molar-refractivity contribution in [1.82, 2.24) is 0 Å². The zero-order chi connectivity index (χ0) is 17.4. The highest BCUT2D eigenvalue weighted by Gasteiger charge is 2.35. The van der Waals surface area contributed by atoms with Crippen LogP contribution in [0, 0.1) is 22.7 Å². The smallest absolute Gasteiger partial charge is 0.192 e. The molecule has 0 bridgehead atoms. The largest absolute Gasteiger partial charge is 0.409 e. The Kier molecular flexibility index (Phi) is 8.88. The summed E-state index contributed by atoms with van der Waals surface area (Å²) in [5.74, 6) is 0. The van der Waals surface area contributed by atoms with Crippen LogP contribution in [0.5, 0.6) is 0 Å². The Morgan fingerprint density at radius 2 is 1.55 bits per heavy atom. The minimum absolute atomic E-state index is 0.391. The average Bonchev–Trinajstić information content (AvgIpc) is 2.48. The van der Waals surface area contributed by atoms with E-state index in [4.69, 9.17) is 8.85 Å². The van der Waals surface area contributed by atoms with E-state index >= 15 is 0 Å². The first-order valence-corrected chi connectivity index (χ1v) is 13.9. The highest BCUT2D eigenvalue weighted by molar-refractivity contribution is 6.73. The fraction of sp³-hybridized carbons (Fsp3) is 0.750. The molecule has 2 atom stereocenters. The van der Waals surface area contributed by atoms with Gasteiger partial charge in [0.25, 0.3) is 0 Å². The summed E-state index contributed by atoms with van der Waals surface area (Å²) in [7, 11) is -3.68. The van der Waals surface area contributed by atoms with Crippen molar-refractivity contribution >= 4 is 16.6 Å². The van der Waals surface area contributed by atoms with Gasteiger partial charge in [-0.3, -0.25) is 0 Å². The van der Waals surface area contributed by atoms with E-state index in [1.807, 2.05) is 0 Å². The lowest BCUT2D eigenvalue weighted by atomic mass is 10.1. The monoisotopic (exact) mass is 338 g/mol. The molecular formula is C16H30N2O2Si2. The van der Waals surface area contributed by atoms with Crippen LogP contribution in [0.15, 0.2) is 12.2 Å². The Morgan fingerprint density at radius 1 is 1.05 bits per heavy atom. The molecule has 6 heteroatoms. The van der Waals surface area contributed by atoms with Crippen LogP contribution in [0.25, 0.3) is 0 Å². The van der Waals surface area contributed by atoms with E-state index in [2.05, 4.69) is 59.1 Å². The van der Waals surface area contributed by atoms with Crippen LogP contribution in [0.4, 0.5) is 0 Å². The van der Waals surface area contributed by atoms with Gasteiger partial charge in [0, 0.05) is 12.0 Å². The molecule has 0 spiro atoms. The maximum atomic E-state index is 9.35. The highest BCUT2D eigenvalue weighted by atomic mass is 28.4. The van der Waals surface area contributed by atoms with Crippen LogP contribution < -0.4 is 0 Å². The van der Waals surface area contributed by atoms with Gasteiger partial charge in [-0.15, -0.1) is 0 Å². The highest BCUT2D eigenvalue weighted by Crippen LogP contribution is 2.28. The summed E-state index contributed by atoms with van der Waals surface area (Å²) >= 11 is 0. The molecule has 4 nitrogen and oxygen atoms in total. The van der Waals surface area contributed by atoms with E-state index in [0.717, 1.165) is 18.1 Å². The molecule has 0 aromatic rings. The molecule has 22 heavy (non-hydrogen) atoms. The number of hydrogen-bond donors (Lipinski definition) is 0. The summed E-state index contributed by atoms with van der Waals surface area (Å²) in [4.78, 5) is 0. The van der Waals surface area contributed by atoms with Crippen molar-refractivity contribution in [3.05, 3.63) is 12.2 Å². The Hall–Kier alpha value is -0.926. The minimum Gasteiger partial charge on any atom is -0.409 e. The molecule has 0 saturated heterocycles. The maximum Gasteiger partial charge on any atom is 0.192 e. The molecule has 0 rings (SSSR count). The number of rotatable bonds is 10. The lowest BCUT2D eigenvalue weighted by Crippen LogP contribution is -2.42. The summed E-state index contributed by atoms with van der Waals surface area (Å²) in [6.07, 6.45) is -0.557. The second-order valence-corrected chi connectivity index (χ2v) is 15.8. The zero-order valence-corrected chi connectivity index (χ0v) is 16.9. The third-order valence-electron chi connectivity index (χ3n) is 3.93. The summed E-state index contributed by atoms with van der Waals surface area (Å²) < 4.78 is 12.3. The van der Waals surface area contributed by atoms with Crippen molar-refractivity contribution in [2.75, 3.05) is 0 Å². The fourth-order valence-electron chi connectivity index (χ4n) is 2.38. The van der Waals surface area contributed by atoms with E-state index in [-0.39, 0.29) is 0 Å². The molecular weight excluding hydrogens is 308 g/mol. The van der Waals surface area contributed by atoms with E-state index in [1.54, 1.807) is 0 Å². The van der Waals surface area contributed by atoms with E-state index in [1.165, 1.54) is 0 Å². The maximum absolute atomic E-state index is 9.35. The normalized spacial score (nSPS) is 14.7.